The molecule has 0 N–H and O–H groups in total. The molecule has 0 bridgehead atoms. The standard InChI is InChI=1S/C19H16BrCl2NO2/c1-11(2)25-19-16(20)7-12(8-18(19)24-3)6-13(10-23)15-5-4-14(21)9-17(15)22/h4-9,11H,1-3H3/b13-6+. The van der Waals surface area contributed by atoms with E-state index in [4.69, 9.17) is 32.7 Å². The first-order valence-corrected chi connectivity index (χ1v) is 9.02. The predicted molar refractivity (Wildman–Crippen MR) is 106 cm³/mol. The Morgan fingerprint density at radius 1 is 1.24 bits per heavy atom. The summed E-state index contributed by atoms with van der Waals surface area (Å²) in [6.45, 7) is 3.88. The Hall–Kier alpha value is -1.67. The van der Waals surface area contributed by atoms with Crippen LogP contribution in [0.15, 0.2) is 34.8 Å². The molecule has 0 unspecified atom stereocenters. The van der Waals surface area contributed by atoms with Crippen LogP contribution in [0.25, 0.3) is 11.6 Å². The zero-order chi connectivity index (χ0) is 18.6. The first-order chi connectivity index (χ1) is 11.8. The highest BCUT2D eigenvalue weighted by Crippen LogP contribution is 2.38. The van der Waals surface area contributed by atoms with Gasteiger partial charge in [-0.2, -0.15) is 5.26 Å². The molecule has 130 valence electrons. The molecular formula is C19H16BrCl2NO2. The van der Waals surface area contributed by atoms with Gasteiger partial charge in [0.25, 0.3) is 0 Å². The molecule has 2 rings (SSSR count). The van der Waals surface area contributed by atoms with Gasteiger partial charge in [0.2, 0.25) is 0 Å². The number of nitriles is 1. The molecule has 0 amide bonds. The SMILES string of the molecule is COc1cc(/C=C(\C#N)c2ccc(Cl)cc2Cl)cc(Br)c1OC(C)C. The summed E-state index contributed by atoms with van der Waals surface area (Å²) in [5.41, 5.74) is 1.82. The van der Waals surface area contributed by atoms with Crippen molar-refractivity contribution in [2.24, 2.45) is 0 Å². The van der Waals surface area contributed by atoms with Gasteiger partial charge in [-0.1, -0.05) is 29.3 Å². The van der Waals surface area contributed by atoms with Crippen molar-refractivity contribution in [1.82, 2.24) is 0 Å². The number of nitrogens with zero attached hydrogens (tertiary/aromatic N) is 1. The third-order valence-corrected chi connectivity index (χ3v) is 4.39. The van der Waals surface area contributed by atoms with Gasteiger partial charge < -0.3 is 9.47 Å². The van der Waals surface area contributed by atoms with E-state index in [0.29, 0.717) is 32.7 Å². The molecule has 0 atom stereocenters. The third kappa shape index (κ3) is 4.92. The van der Waals surface area contributed by atoms with Crippen molar-refractivity contribution in [3.8, 4) is 17.6 Å². The predicted octanol–water partition coefficient (Wildman–Crippen LogP) is 6.62. The lowest BCUT2D eigenvalue weighted by atomic mass is 10.0. The second-order valence-corrected chi connectivity index (χ2v) is 7.19. The molecule has 0 radical (unpaired) electrons. The van der Waals surface area contributed by atoms with Crippen molar-refractivity contribution >= 4 is 50.8 Å². The molecule has 0 aliphatic carbocycles. The molecule has 0 spiro atoms. The van der Waals surface area contributed by atoms with E-state index in [2.05, 4.69) is 22.0 Å². The fraction of sp³-hybridized carbons (Fsp3) is 0.211. The first-order valence-electron chi connectivity index (χ1n) is 7.47. The summed E-state index contributed by atoms with van der Waals surface area (Å²) < 4.78 is 11.9. The largest absolute Gasteiger partial charge is 0.493 e. The maximum atomic E-state index is 9.53. The Balaban J connectivity index is 2.51. The summed E-state index contributed by atoms with van der Waals surface area (Å²) in [4.78, 5) is 0. The minimum atomic E-state index is 0.00846. The van der Waals surface area contributed by atoms with Crippen molar-refractivity contribution in [3.05, 3.63) is 56.0 Å². The van der Waals surface area contributed by atoms with Crippen molar-refractivity contribution in [2.45, 2.75) is 20.0 Å². The van der Waals surface area contributed by atoms with E-state index in [1.54, 1.807) is 31.4 Å². The number of hydrogen-bond acceptors (Lipinski definition) is 3. The molecule has 0 saturated heterocycles. The van der Waals surface area contributed by atoms with Gasteiger partial charge >= 0.3 is 0 Å². The van der Waals surface area contributed by atoms with Gasteiger partial charge in [0.05, 0.1) is 34.4 Å². The van der Waals surface area contributed by atoms with Gasteiger partial charge in [-0.05, 0) is 65.7 Å². The average Bonchev–Trinajstić information content (AvgIpc) is 2.55. The van der Waals surface area contributed by atoms with Crippen LogP contribution in [0.4, 0.5) is 0 Å². The lowest BCUT2D eigenvalue weighted by Gasteiger charge is -2.16. The second kappa shape index (κ2) is 8.62. The Morgan fingerprint density at radius 3 is 2.52 bits per heavy atom. The molecule has 6 heteroatoms. The summed E-state index contributed by atoms with van der Waals surface area (Å²) in [5.74, 6) is 1.20. The Labute approximate surface area is 165 Å². The van der Waals surface area contributed by atoms with Crippen molar-refractivity contribution in [2.75, 3.05) is 7.11 Å². The van der Waals surface area contributed by atoms with Crippen LogP contribution in [-0.2, 0) is 0 Å². The van der Waals surface area contributed by atoms with Crippen molar-refractivity contribution in [3.63, 3.8) is 0 Å². The highest BCUT2D eigenvalue weighted by molar-refractivity contribution is 9.10. The van der Waals surface area contributed by atoms with E-state index in [1.807, 2.05) is 26.0 Å². The number of methoxy groups -OCH3 is 1. The van der Waals surface area contributed by atoms with Crippen LogP contribution in [-0.4, -0.2) is 13.2 Å². The molecule has 0 aliphatic rings. The normalized spacial score (nSPS) is 11.4. The molecule has 0 aliphatic heterocycles. The number of ether oxygens (including phenoxy) is 2. The highest BCUT2D eigenvalue weighted by Gasteiger charge is 2.14. The van der Waals surface area contributed by atoms with Crippen LogP contribution in [0.1, 0.15) is 25.0 Å². The smallest absolute Gasteiger partial charge is 0.175 e. The van der Waals surface area contributed by atoms with E-state index in [1.165, 1.54) is 0 Å². The molecule has 0 fully saturated rings. The summed E-state index contributed by atoms with van der Waals surface area (Å²) >= 11 is 15.6. The molecule has 2 aromatic carbocycles. The van der Waals surface area contributed by atoms with E-state index < -0.39 is 0 Å². The zero-order valence-corrected chi connectivity index (χ0v) is 17.0. The number of rotatable bonds is 5. The fourth-order valence-electron chi connectivity index (χ4n) is 2.22. The van der Waals surface area contributed by atoms with Gasteiger partial charge in [-0.25, -0.2) is 0 Å². The van der Waals surface area contributed by atoms with Crippen molar-refractivity contribution in [1.29, 1.82) is 5.26 Å². The van der Waals surface area contributed by atoms with Crippen LogP contribution in [0.2, 0.25) is 10.0 Å². The summed E-state index contributed by atoms with van der Waals surface area (Å²) in [5, 5.41) is 10.5. The quantitative estimate of drug-likeness (QED) is 0.387. The summed E-state index contributed by atoms with van der Waals surface area (Å²) in [6.07, 6.45) is 1.75. The minimum Gasteiger partial charge on any atom is -0.493 e. The topological polar surface area (TPSA) is 42.2 Å². The number of hydrogen-bond donors (Lipinski definition) is 0. The van der Waals surface area contributed by atoms with Crippen LogP contribution >= 0.6 is 39.1 Å². The molecule has 2 aromatic rings. The van der Waals surface area contributed by atoms with E-state index in [9.17, 15) is 5.26 Å². The molecular weight excluding hydrogens is 425 g/mol. The number of allylic oxidation sites excluding steroid dienone is 1. The van der Waals surface area contributed by atoms with Crippen LogP contribution in [0.5, 0.6) is 11.5 Å². The Morgan fingerprint density at radius 2 is 1.96 bits per heavy atom. The van der Waals surface area contributed by atoms with Gasteiger partial charge in [-0.3, -0.25) is 0 Å². The van der Waals surface area contributed by atoms with Crippen LogP contribution in [0, 0.1) is 11.3 Å². The maximum absolute atomic E-state index is 9.53. The van der Waals surface area contributed by atoms with E-state index in [0.717, 1.165) is 10.0 Å². The van der Waals surface area contributed by atoms with Gasteiger partial charge in [0.15, 0.2) is 11.5 Å². The molecule has 0 heterocycles. The second-order valence-electron chi connectivity index (χ2n) is 5.49. The van der Waals surface area contributed by atoms with Crippen LogP contribution in [0.3, 0.4) is 0 Å². The third-order valence-electron chi connectivity index (χ3n) is 3.26. The molecule has 3 nitrogen and oxygen atoms in total. The van der Waals surface area contributed by atoms with E-state index in [-0.39, 0.29) is 6.10 Å². The first kappa shape index (κ1) is 19.7. The summed E-state index contributed by atoms with van der Waals surface area (Å²) in [6, 6.07) is 10.9. The Kier molecular flexibility index (Phi) is 6.78. The maximum Gasteiger partial charge on any atom is 0.175 e. The summed E-state index contributed by atoms with van der Waals surface area (Å²) in [7, 11) is 1.57. The fourth-order valence-corrected chi connectivity index (χ4v) is 3.28. The monoisotopic (exact) mass is 439 g/mol. The Bertz CT molecular complexity index is 857. The van der Waals surface area contributed by atoms with Crippen molar-refractivity contribution < 1.29 is 9.47 Å². The van der Waals surface area contributed by atoms with Gasteiger partial charge in [0, 0.05) is 10.6 Å². The van der Waals surface area contributed by atoms with E-state index >= 15 is 0 Å². The highest BCUT2D eigenvalue weighted by atomic mass is 79.9. The van der Waals surface area contributed by atoms with Gasteiger partial charge in [-0.15, -0.1) is 0 Å². The molecule has 25 heavy (non-hydrogen) atoms. The molecule has 0 saturated carbocycles. The lowest BCUT2D eigenvalue weighted by molar-refractivity contribution is 0.228. The minimum absolute atomic E-state index is 0.00846. The zero-order valence-electron chi connectivity index (χ0n) is 13.9. The van der Waals surface area contributed by atoms with Crippen LogP contribution < -0.4 is 9.47 Å². The number of benzene rings is 2. The lowest BCUT2D eigenvalue weighted by Crippen LogP contribution is -2.07. The van der Waals surface area contributed by atoms with Gasteiger partial charge in [0.1, 0.15) is 0 Å². The molecule has 0 aromatic heterocycles. The number of halogens is 3. The average molecular weight is 441 g/mol.